The molecule has 1 aromatic rings. The van der Waals surface area contributed by atoms with Crippen LogP contribution in [0.5, 0.6) is 0 Å². The molecule has 144 valence electrons. The minimum atomic E-state index is -1.76. The fourth-order valence-electron chi connectivity index (χ4n) is 3.26. The molecule has 2 amide bonds. The summed E-state index contributed by atoms with van der Waals surface area (Å²) >= 11 is 0. The van der Waals surface area contributed by atoms with Gasteiger partial charge in [-0.1, -0.05) is 30.3 Å². The van der Waals surface area contributed by atoms with Gasteiger partial charge >= 0.3 is 5.97 Å². The van der Waals surface area contributed by atoms with Crippen molar-refractivity contribution in [3.63, 3.8) is 0 Å². The lowest BCUT2D eigenvalue weighted by molar-refractivity contribution is -0.258. The predicted molar refractivity (Wildman–Crippen MR) is 91.2 cm³/mol. The van der Waals surface area contributed by atoms with Crippen molar-refractivity contribution >= 4 is 17.8 Å². The van der Waals surface area contributed by atoms with Gasteiger partial charge in [0.2, 0.25) is 5.91 Å². The van der Waals surface area contributed by atoms with Gasteiger partial charge in [-0.15, -0.1) is 0 Å². The average molecular weight is 376 g/mol. The first kappa shape index (κ1) is 19.0. The van der Waals surface area contributed by atoms with Gasteiger partial charge in [0.1, 0.15) is 5.70 Å². The van der Waals surface area contributed by atoms with Gasteiger partial charge < -0.3 is 24.6 Å². The van der Waals surface area contributed by atoms with Crippen molar-refractivity contribution in [3.8, 4) is 0 Å². The van der Waals surface area contributed by atoms with E-state index in [9.17, 15) is 19.5 Å². The fraction of sp³-hybridized carbons (Fsp3) is 0.389. The third-order valence-electron chi connectivity index (χ3n) is 4.49. The van der Waals surface area contributed by atoms with E-state index >= 15 is 0 Å². The molecule has 9 nitrogen and oxygen atoms in total. The highest BCUT2D eigenvalue weighted by atomic mass is 16.6. The van der Waals surface area contributed by atoms with E-state index in [1.54, 1.807) is 24.3 Å². The summed E-state index contributed by atoms with van der Waals surface area (Å²) in [6.07, 6.45) is -1.02. The maximum absolute atomic E-state index is 12.8. The second kappa shape index (κ2) is 7.47. The van der Waals surface area contributed by atoms with Crippen LogP contribution < -0.4 is 5.32 Å². The zero-order valence-corrected chi connectivity index (χ0v) is 14.9. The summed E-state index contributed by atoms with van der Waals surface area (Å²) in [5.74, 6) is -2.42. The second-order valence-corrected chi connectivity index (χ2v) is 6.18. The molecular weight excluding hydrogens is 356 g/mol. The number of carboxylic acids is 1. The van der Waals surface area contributed by atoms with Gasteiger partial charge in [0, 0.05) is 19.8 Å². The monoisotopic (exact) mass is 376 g/mol. The molecule has 0 aromatic heterocycles. The SMILES string of the molecule is COCC1=C(C(=O)O)N2C(=O)[C@](NC(=O)Cc3ccccc3)(OC)[C@H]2OC1. The lowest BCUT2D eigenvalue weighted by atomic mass is 9.94. The van der Waals surface area contributed by atoms with Gasteiger partial charge in [-0.3, -0.25) is 14.5 Å². The van der Waals surface area contributed by atoms with E-state index in [1.165, 1.54) is 14.2 Å². The minimum absolute atomic E-state index is 0.0124. The maximum Gasteiger partial charge on any atom is 0.352 e. The van der Waals surface area contributed by atoms with Crippen LogP contribution in [0.1, 0.15) is 5.56 Å². The van der Waals surface area contributed by atoms with Gasteiger partial charge in [-0.2, -0.15) is 0 Å². The van der Waals surface area contributed by atoms with Gasteiger partial charge in [0.25, 0.3) is 11.6 Å². The summed E-state index contributed by atoms with van der Waals surface area (Å²) in [6, 6.07) is 9.01. The fourth-order valence-corrected chi connectivity index (χ4v) is 3.26. The van der Waals surface area contributed by atoms with E-state index < -0.39 is 29.7 Å². The molecule has 0 saturated carbocycles. The molecule has 0 spiro atoms. The number of benzene rings is 1. The third kappa shape index (κ3) is 3.20. The Morgan fingerprint density at radius 2 is 2.04 bits per heavy atom. The number of hydrogen-bond acceptors (Lipinski definition) is 6. The number of carbonyl (C=O) groups is 3. The molecule has 2 atom stereocenters. The Labute approximate surface area is 155 Å². The van der Waals surface area contributed by atoms with E-state index in [-0.39, 0.29) is 25.3 Å². The normalized spacial score (nSPS) is 24.3. The first-order chi connectivity index (χ1) is 12.9. The number of carboxylic acid groups (broad SMARTS) is 1. The van der Waals surface area contributed by atoms with Crippen LogP contribution in [-0.2, 0) is 35.0 Å². The van der Waals surface area contributed by atoms with Gasteiger partial charge in [0.15, 0.2) is 6.23 Å². The number of carbonyl (C=O) groups excluding carboxylic acids is 2. The standard InChI is InChI=1S/C18H20N2O7/c1-25-9-12-10-27-17-18(26-2,16(24)20(17)14(12)15(22)23)19-13(21)8-11-6-4-3-5-7-11/h3-7,17H,8-10H2,1-2H3,(H,19,21)(H,22,23)/t17-,18+/m1/s1. The number of β-lactam (4-membered cyclic amide) rings is 1. The van der Waals surface area contributed by atoms with Crippen molar-refractivity contribution in [3.05, 3.63) is 47.2 Å². The summed E-state index contributed by atoms with van der Waals surface area (Å²) < 4.78 is 15.9. The van der Waals surface area contributed by atoms with E-state index in [0.29, 0.717) is 5.57 Å². The molecule has 2 N–H and O–H groups in total. The molecule has 0 radical (unpaired) electrons. The molecule has 3 rings (SSSR count). The Kier molecular flexibility index (Phi) is 5.26. The smallest absolute Gasteiger partial charge is 0.352 e. The lowest BCUT2D eigenvalue weighted by Gasteiger charge is -2.55. The Morgan fingerprint density at radius 1 is 1.33 bits per heavy atom. The van der Waals surface area contributed by atoms with Crippen molar-refractivity contribution in [2.45, 2.75) is 18.4 Å². The van der Waals surface area contributed by atoms with Crippen molar-refractivity contribution in [1.29, 1.82) is 0 Å². The Hall–Kier alpha value is -2.75. The Bertz CT molecular complexity index is 792. The molecule has 27 heavy (non-hydrogen) atoms. The van der Waals surface area contributed by atoms with Gasteiger partial charge in [-0.05, 0) is 5.56 Å². The first-order valence-corrected chi connectivity index (χ1v) is 8.24. The largest absolute Gasteiger partial charge is 0.477 e. The van der Waals surface area contributed by atoms with Gasteiger partial charge in [0.05, 0.1) is 19.6 Å². The molecule has 1 fully saturated rings. The number of fused-ring (bicyclic) bond motifs is 1. The van der Waals surface area contributed by atoms with Gasteiger partial charge in [-0.25, -0.2) is 4.79 Å². The number of nitrogens with one attached hydrogen (secondary N) is 1. The Balaban J connectivity index is 1.81. The van der Waals surface area contributed by atoms with E-state index in [0.717, 1.165) is 10.5 Å². The van der Waals surface area contributed by atoms with Crippen molar-refractivity contribution in [2.75, 3.05) is 27.4 Å². The molecule has 9 heteroatoms. The number of rotatable bonds is 7. The zero-order chi connectivity index (χ0) is 19.6. The lowest BCUT2D eigenvalue weighted by Crippen LogP contribution is -2.82. The number of amides is 2. The topological polar surface area (TPSA) is 114 Å². The van der Waals surface area contributed by atoms with Crippen molar-refractivity contribution in [2.24, 2.45) is 0 Å². The molecular formula is C18H20N2O7. The average Bonchev–Trinajstić information content (AvgIpc) is 2.66. The molecule has 1 saturated heterocycles. The molecule has 1 aromatic carbocycles. The number of methoxy groups -OCH3 is 2. The van der Waals surface area contributed by atoms with Crippen LogP contribution >= 0.6 is 0 Å². The van der Waals surface area contributed by atoms with Crippen LogP contribution in [0.4, 0.5) is 0 Å². The maximum atomic E-state index is 12.8. The summed E-state index contributed by atoms with van der Waals surface area (Å²) in [4.78, 5) is 37.8. The van der Waals surface area contributed by atoms with E-state index in [2.05, 4.69) is 5.32 Å². The number of ether oxygens (including phenoxy) is 3. The second-order valence-electron chi connectivity index (χ2n) is 6.18. The number of nitrogens with zero attached hydrogens (tertiary/aromatic N) is 1. The minimum Gasteiger partial charge on any atom is -0.477 e. The predicted octanol–water partition coefficient (Wildman–Crippen LogP) is -0.128. The van der Waals surface area contributed by atoms with Crippen LogP contribution in [0.25, 0.3) is 0 Å². The molecule has 2 aliphatic rings. The summed E-state index contributed by atoms with van der Waals surface area (Å²) in [6.45, 7) is -0.0396. The first-order valence-electron chi connectivity index (χ1n) is 8.24. The van der Waals surface area contributed by atoms with Crippen LogP contribution in [0.3, 0.4) is 0 Å². The van der Waals surface area contributed by atoms with Crippen LogP contribution in [0.15, 0.2) is 41.6 Å². The van der Waals surface area contributed by atoms with E-state index in [4.69, 9.17) is 14.2 Å². The number of aliphatic carboxylic acids is 1. The highest BCUT2D eigenvalue weighted by Crippen LogP contribution is 2.40. The Morgan fingerprint density at radius 3 is 2.63 bits per heavy atom. The van der Waals surface area contributed by atoms with Crippen LogP contribution in [-0.4, -0.2) is 67.2 Å². The summed E-state index contributed by atoms with van der Waals surface area (Å²) in [5, 5.41) is 12.1. The molecule has 0 bridgehead atoms. The molecule has 2 heterocycles. The van der Waals surface area contributed by atoms with Crippen LogP contribution in [0, 0.1) is 0 Å². The van der Waals surface area contributed by atoms with Crippen molar-refractivity contribution < 1.29 is 33.7 Å². The quantitative estimate of drug-likeness (QED) is 0.503. The third-order valence-corrected chi connectivity index (χ3v) is 4.49. The molecule has 0 aliphatic carbocycles. The highest BCUT2D eigenvalue weighted by Gasteiger charge is 2.67. The van der Waals surface area contributed by atoms with Crippen molar-refractivity contribution in [1.82, 2.24) is 10.2 Å². The van der Waals surface area contributed by atoms with Crippen LogP contribution in [0.2, 0.25) is 0 Å². The summed E-state index contributed by atoms with van der Waals surface area (Å²) in [7, 11) is 2.68. The summed E-state index contributed by atoms with van der Waals surface area (Å²) in [5.41, 5.74) is -0.869. The number of hydrogen-bond donors (Lipinski definition) is 2. The zero-order valence-electron chi connectivity index (χ0n) is 14.9. The molecule has 0 unspecified atom stereocenters. The highest BCUT2D eigenvalue weighted by molar-refractivity contribution is 6.03. The molecule has 2 aliphatic heterocycles. The van der Waals surface area contributed by atoms with E-state index in [1.807, 2.05) is 6.07 Å².